The van der Waals surface area contributed by atoms with Crippen LogP contribution in [-0.2, 0) is 0 Å². The lowest BCUT2D eigenvalue weighted by Gasteiger charge is -2.21. The van der Waals surface area contributed by atoms with Gasteiger partial charge in [0.15, 0.2) is 0 Å². The summed E-state index contributed by atoms with van der Waals surface area (Å²) >= 11 is 2.06. The highest BCUT2D eigenvalue weighted by molar-refractivity contribution is 7.99. The summed E-state index contributed by atoms with van der Waals surface area (Å²) in [5, 5.41) is 0. The van der Waals surface area contributed by atoms with Crippen molar-refractivity contribution in [1.82, 2.24) is 0 Å². The maximum Gasteiger partial charge on any atom is -0.00459 e. The second kappa shape index (κ2) is 6.72. The molecule has 2 N–H and O–H groups in total. The molecule has 1 aliphatic carbocycles. The number of hydrogen-bond acceptors (Lipinski definition) is 2. The Kier molecular flexibility index (Phi) is 5.88. The van der Waals surface area contributed by atoms with Gasteiger partial charge in [0.2, 0.25) is 0 Å². The van der Waals surface area contributed by atoms with Crippen LogP contribution in [0.4, 0.5) is 0 Å². The van der Waals surface area contributed by atoms with Crippen molar-refractivity contribution in [1.29, 1.82) is 0 Å². The van der Waals surface area contributed by atoms with Crippen molar-refractivity contribution in [2.24, 2.45) is 17.6 Å². The standard InChI is InChI=1S/C11H23NS/c1-2-13-8-7-11(9-12)10-5-3-4-6-10/h10-11H,2-9,12H2,1H3. The lowest BCUT2D eigenvalue weighted by Crippen LogP contribution is -2.22. The van der Waals surface area contributed by atoms with Gasteiger partial charge in [-0.3, -0.25) is 0 Å². The van der Waals surface area contributed by atoms with E-state index in [4.69, 9.17) is 5.73 Å². The molecule has 13 heavy (non-hydrogen) atoms. The fourth-order valence-electron chi connectivity index (χ4n) is 2.35. The van der Waals surface area contributed by atoms with Gasteiger partial charge in [0.1, 0.15) is 0 Å². The van der Waals surface area contributed by atoms with Crippen LogP contribution in [-0.4, -0.2) is 18.1 Å². The molecule has 0 spiro atoms. The van der Waals surface area contributed by atoms with Gasteiger partial charge in [-0.05, 0) is 36.3 Å². The fourth-order valence-corrected chi connectivity index (χ4v) is 3.11. The van der Waals surface area contributed by atoms with Gasteiger partial charge in [0.25, 0.3) is 0 Å². The van der Waals surface area contributed by atoms with E-state index in [9.17, 15) is 0 Å². The van der Waals surface area contributed by atoms with Gasteiger partial charge >= 0.3 is 0 Å². The van der Waals surface area contributed by atoms with Crippen molar-refractivity contribution in [3.63, 3.8) is 0 Å². The lowest BCUT2D eigenvalue weighted by molar-refractivity contribution is 0.339. The number of thioether (sulfide) groups is 1. The SMILES string of the molecule is CCSCCC(CN)C1CCCC1. The molecule has 0 aromatic heterocycles. The van der Waals surface area contributed by atoms with Crippen molar-refractivity contribution < 1.29 is 0 Å². The Morgan fingerprint density at radius 3 is 2.62 bits per heavy atom. The average Bonchev–Trinajstić information content (AvgIpc) is 2.65. The second-order valence-electron chi connectivity index (χ2n) is 4.03. The molecule has 1 nitrogen and oxygen atoms in total. The molecule has 1 atom stereocenters. The molecule has 1 fully saturated rings. The summed E-state index contributed by atoms with van der Waals surface area (Å²) in [6, 6.07) is 0. The molecule has 1 unspecified atom stereocenters. The maximum absolute atomic E-state index is 5.83. The summed E-state index contributed by atoms with van der Waals surface area (Å²) in [5.74, 6) is 4.35. The molecular formula is C11H23NS. The summed E-state index contributed by atoms with van der Waals surface area (Å²) < 4.78 is 0. The van der Waals surface area contributed by atoms with E-state index in [-0.39, 0.29) is 0 Å². The zero-order chi connectivity index (χ0) is 9.52. The summed E-state index contributed by atoms with van der Waals surface area (Å²) in [4.78, 5) is 0. The molecule has 0 amide bonds. The van der Waals surface area contributed by atoms with E-state index in [1.165, 1.54) is 43.6 Å². The van der Waals surface area contributed by atoms with Crippen molar-refractivity contribution in [2.45, 2.75) is 39.0 Å². The Labute approximate surface area is 86.8 Å². The first kappa shape index (κ1) is 11.4. The maximum atomic E-state index is 5.83. The smallest absolute Gasteiger partial charge is 0.00459 e. The van der Waals surface area contributed by atoms with E-state index < -0.39 is 0 Å². The minimum Gasteiger partial charge on any atom is -0.330 e. The minimum atomic E-state index is 0.821. The largest absolute Gasteiger partial charge is 0.330 e. The second-order valence-corrected chi connectivity index (χ2v) is 5.42. The van der Waals surface area contributed by atoms with Crippen LogP contribution in [0.1, 0.15) is 39.0 Å². The first-order valence-electron chi connectivity index (χ1n) is 5.66. The Balaban J connectivity index is 2.16. The molecule has 1 rings (SSSR count). The van der Waals surface area contributed by atoms with Gasteiger partial charge in [0.05, 0.1) is 0 Å². The van der Waals surface area contributed by atoms with E-state index in [1.54, 1.807) is 0 Å². The van der Waals surface area contributed by atoms with Crippen LogP contribution in [0.3, 0.4) is 0 Å². The van der Waals surface area contributed by atoms with Crippen LogP contribution < -0.4 is 5.73 Å². The van der Waals surface area contributed by atoms with Crippen LogP contribution in [0.25, 0.3) is 0 Å². The molecule has 0 aliphatic heterocycles. The molecule has 0 heterocycles. The Morgan fingerprint density at radius 1 is 1.38 bits per heavy atom. The van der Waals surface area contributed by atoms with E-state index in [0.717, 1.165) is 18.4 Å². The monoisotopic (exact) mass is 201 g/mol. The van der Waals surface area contributed by atoms with Crippen molar-refractivity contribution in [2.75, 3.05) is 18.1 Å². The predicted octanol–water partition coefficient (Wildman–Crippen LogP) is 2.89. The molecule has 1 aliphatic rings. The first-order valence-corrected chi connectivity index (χ1v) is 6.81. The average molecular weight is 201 g/mol. The molecule has 0 aromatic rings. The van der Waals surface area contributed by atoms with Crippen molar-refractivity contribution >= 4 is 11.8 Å². The van der Waals surface area contributed by atoms with Gasteiger partial charge in [-0.2, -0.15) is 11.8 Å². The normalized spacial score (nSPS) is 20.8. The third-order valence-corrected chi connectivity index (χ3v) is 4.14. The van der Waals surface area contributed by atoms with E-state index in [1.807, 2.05) is 0 Å². The quantitative estimate of drug-likeness (QED) is 0.669. The highest BCUT2D eigenvalue weighted by Crippen LogP contribution is 2.33. The number of hydrogen-bond donors (Lipinski definition) is 1. The first-order chi connectivity index (χ1) is 6.38. The molecule has 78 valence electrons. The minimum absolute atomic E-state index is 0.821. The Morgan fingerprint density at radius 2 is 2.08 bits per heavy atom. The molecule has 0 bridgehead atoms. The zero-order valence-electron chi connectivity index (χ0n) is 8.80. The molecule has 0 saturated heterocycles. The van der Waals surface area contributed by atoms with Gasteiger partial charge in [-0.15, -0.1) is 0 Å². The Bertz CT molecular complexity index is 121. The zero-order valence-corrected chi connectivity index (χ0v) is 9.61. The van der Waals surface area contributed by atoms with Crippen LogP contribution in [0.15, 0.2) is 0 Å². The molecule has 1 saturated carbocycles. The van der Waals surface area contributed by atoms with Gasteiger partial charge < -0.3 is 5.73 Å². The third kappa shape index (κ3) is 3.90. The van der Waals surface area contributed by atoms with Crippen LogP contribution in [0.5, 0.6) is 0 Å². The third-order valence-electron chi connectivity index (χ3n) is 3.21. The molecular weight excluding hydrogens is 178 g/mol. The van der Waals surface area contributed by atoms with E-state index in [2.05, 4.69) is 18.7 Å². The summed E-state index contributed by atoms with van der Waals surface area (Å²) in [6.07, 6.45) is 7.13. The summed E-state index contributed by atoms with van der Waals surface area (Å²) in [7, 11) is 0. The highest BCUT2D eigenvalue weighted by atomic mass is 32.2. The highest BCUT2D eigenvalue weighted by Gasteiger charge is 2.23. The van der Waals surface area contributed by atoms with E-state index in [0.29, 0.717) is 0 Å². The number of rotatable bonds is 6. The Hall–Kier alpha value is 0.310. The summed E-state index contributed by atoms with van der Waals surface area (Å²) in [5.41, 5.74) is 5.83. The van der Waals surface area contributed by atoms with Gasteiger partial charge in [-0.1, -0.05) is 32.6 Å². The van der Waals surface area contributed by atoms with Crippen LogP contribution in [0.2, 0.25) is 0 Å². The summed E-state index contributed by atoms with van der Waals surface area (Å²) in [6.45, 7) is 3.15. The van der Waals surface area contributed by atoms with Crippen LogP contribution >= 0.6 is 11.8 Å². The predicted molar refractivity (Wildman–Crippen MR) is 62.1 cm³/mol. The van der Waals surface area contributed by atoms with E-state index >= 15 is 0 Å². The van der Waals surface area contributed by atoms with Gasteiger partial charge in [0, 0.05) is 0 Å². The number of nitrogens with two attached hydrogens (primary N) is 1. The molecule has 0 radical (unpaired) electrons. The lowest BCUT2D eigenvalue weighted by atomic mass is 9.89. The molecule has 2 heteroatoms. The van der Waals surface area contributed by atoms with Crippen LogP contribution in [0, 0.1) is 11.8 Å². The molecule has 0 aromatic carbocycles. The van der Waals surface area contributed by atoms with Gasteiger partial charge in [-0.25, -0.2) is 0 Å². The van der Waals surface area contributed by atoms with Crippen molar-refractivity contribution in [3.8, 4) is 0 Å². The fraction of sp³-hybridized carbons (Fsp3) is 1.00. The topological polar surface area (TPSA) is 26.0 Å². The van der Waals surface area contributed by atoms with Crippen molar-refractivity contribution in [3.05, 3.63) is 0 Å².